The fourth-order valence-corrected chi connectivity index (χ4v) is 3.78. The monoisotopic (exact) mass is 336 g/mol. The van der Waals surface area contributed by atoms with Crippen LogP contribution in [0.5, 0.6) is 0 Å². The van der Waals surface area contributed by atoms with Crippen molar-refractivity contribution in [2.24, 2.45) is 11.5 Å². The Morgan fingerprint density at radius 2 is 0.955 bits per heavy atom. The maximum atomic E-state index is 6.01. The minimum Gasteiger partial charge on any atom is -0.373 e. The highest BCUT2D eigenvalue weighted by Gasteiger charge is 2.38. The summed E-state index contributed by atoms with van der Waals surface area (Å²) in [6.45, 7) is 12.2. The molecule has 0 fully saturated rings. The lowest BCUT2D eigenvalue weighted by molar-refractivity contribution is 0.0574. The topological polar surface area (TPSA) is 79.7 Å². The molecule has 4 N–H and O–H groups in total. The van der Waals surface area contributed by atoms with Crippen LogP contribution in [-0.2, 0) is 13.3 Å². The first kappa shape index (κ1) is 24.3. The van der Waals surface area contributed by atoms with Gasteiger partial charge in [-0.2, -0.15) is 0 Å². The van der Waals surface area contributed by atoms with Gasteiger partial charge in [0.2, 0.25) is 0 Å². The van der Waals surface area contributed by atoms with Crippen molar-refractivity contribution in [3.05, 3.63) is 0 Å². The van der Waals surface area contributed by atoms with Crippen LogP contribution in [0.2, 0.25) is 6.04 Å². The van der Waals surface area contributed by atoms with Crippen molar-refractivity contribution in [1.82, 2.24) is 0 Å². The Morgan fingerprint density at radius 3 is 1.14 bits per heavy atom. The molecule has 0 spiro atoms. The Hall–Kier alpha value is 0.0169. The smallest absolute Gasteiger partial charge is 0.373 e. The van der Waals surface area contributed by atoms with E-state index in [1.165, 1.54) is 0 Å². The fraction of sp³-hybridized carbons (Fsp3) is 1.00. The van der Waals surface area contributed by atoms with Crippen LogP contribution in [0, 0.1) is 0 Å². The third kappa shape index (κ3) is 14.9. The van der Waals surface area contributed by atoms with Gasteiger partial charge < -0.3 is 24.7 Å². The van der Waals surface area contributed by atoms with E-state index in [9.17, 15) is 0 Å². The Labute approximate surface area is 139 Å². The molecule has 0 aromatic heterocycles. The number of unbranched alkanes of at least 4 members (excludes halogenated alkanes) is 3. The molecule has 0 amide bonds. The Balaban J connectivity index is 0. The highest BCUT2D eigenvalue weighted by atomic mass is 28.4. The lowest BCUT2D eigenvalue weighted by atomic mass is 10.4. The third-order valence-corrected chi connectivity index (χ3v) is 5.86. The van der Waals surface area contributed by atoms with E-state index >= 15 is 0 Å². The second-order valence-corrected chi connectivity index (χ2v) is 8.16. The van der Waals surface area contributed by atoms with Crippen molar-refractivity contribution < 1.29 is 13.3 Å². The molecule has 0 unspecified atom stereocenters. The summed E-state index contributed by atoms with van der Waals surface area (Å²) in [4.78, 5) is 0. The van der Waals surface area contributed by atoms with Crippen LogP contribution in [0.4, 0.5) is 0 Å². The van der Waals surface area contributed by atoms with Gasteiger partial charge in [-0.1, -0.05) is 47.0 Å². The molecule has 0 aliphatic carbocycles. The number of hydrogen-bond acceptors (Lipinski definition) is 5. The first-order valence-corrected chi connectivity index (χ1v) is 10.9. The Morgan fingerprint density at radius 1 is 0.636 bits per heavy atom. The van der Waals surface area contributed by atoms with Crippen molar-refractivity contribution >= 4 is 8.80 Å². The molecule has 6 heteroatoms. The second-order valence-electron chi connectivity index (χ2n) is 5.22. The molecule has 0 aromatic rings. The summed E-state index contributed by atoms with van der Waals surface area (Å²) in [6.07, 6.45) is 6.71. The summed E-state index contributed by atoms with van der Waals surface area (Å²) < 4.78 is 18.0. The van der Waals surface area contributed by atoms with Gasteiger partial charge in [0.25, 0.3) is 0 Å². The molecular weight excluding hydrogens is 296 g/mol. The molecule has 22 heavy (non-hydrogen) atoms. The summed E-state index contributed by atoms with van der Waals surface area (Å²) in [7, 11) is -2.38. The Bertz CT molecular complexity index is 181. The van der Waals surface area contributed by atoms with Crippen molar-refractivity contribution in [2.75, 3.05) is 32.9 Å². The zero-order valence-electron chi connectivity index (χ0n) is 15.4. The predicted octanol–water partition coefficient (Wildman–Crippen LogP) is 3.30. The van der Waals surface area contributed by atoms with E-state index in [0.717, 1.165) is 64.4 Å². The molecule has 136 valence electrons. The number of hydrogen-bond donors (Lipinski definition) is 2. The van der Waals surface area contributed by atoms with Crippen LogP contribution >= 0.6 is 0 Å². The summed E-state index contributed by atoms with van der Waals surface area (Å²) in [5, 5.41) is 0. The van der Waals surface area contributed by atoms with E-state index in [1.54, 1.807) is 0 Å². The van der Waals surface area contributed by atoms with Gasteiger partial charge in [-0.3, -0.25) is 0 Å². The zero-order valence-corrected chi connectivity index (χ0v) is 16.4. The first-order valence-electron chi connectivity index (χ1n) is 8.98. The summed E-state index contributed by atoms with van der Waals surface area (Å²) in [6, 6.07) is 0.879. The standard InChI is InChI=1S/C14H32O3Si.C2H8N2/c1-5-9-12-15-18(8-4,16-13-10-6-2)17-14-11-7-3;3-1-2-4/h5-14H2,1-4H3;1-4H2. The molecule has 0 aliphatic rings. The molecule has 0 aliphatic heterocycles. The van der Waals surface area contributed by atoms with Gasteiger partial charge in [0.05, 0.1) is 0 Å². The van der Waals surface area contributed by atoms with Crippen LogP contribution in [0.15, 0.2) is 0 Å². The number of nitrogens with two attached hydrogens (primary N) is 2. The average Bonchev–Trinajstić information content (AvgIpc) is 2.55. The maximum absolute atomic E-state index is 6.01. The highest BCUT2D eigenvalue weighted by Crippen LogP contribution is 2.17. The fourth-order valence-electron chi connectivity index (χ4n) is 1.55. The van der Waals surface area contributed by atoms with Gasteiger partial charge in [-0.05, 0) is 19.3 Å². The van der Waals surface area contributed by atoms with Crippen molar-refractivity contribution in [3.63, 3.8) is 0 Å². The lowest BCUT2D eigenvalue weighted by Gasteiger charge is -2.28. The van der Waals surface area contributed by atoms with Crippen LogP contribution in [0.3, 0.4) is 0 Å². The van der Waals surface area contributed by atoms with E-state index in [1.807, 2.05) is 0 Å². The molecule has 0 saturated carbocycles. The minimum absolute atomic E-state index is 0.597. The highest BCUT2D eigenvalue weighted by molar-refractivity contribution is 6.60. The van der Waals surface area contributed by atoms with Crippen LogP contribution in [0.25, 0.3) is 0 Å². The minimum atomic E-state index is -2.38. The first-order chi connectivity index (χ1) is 10.7. The SMILES string of the molecule is CCCCO[Si](CC)(OCCCC)OCCCC.NCCN. The Kier molecular flexibility index (Phi) is 21.0. The molecular formula is C16H40N2O3Si. The summed E-state index contributed by atoms with van der Waals surface area (Å²) >= 11 is 0. The van der Waals surface area contributed by atoms with E-state index in [4.69, 9.17) is 24.7 Å². The molecule has 0 heterocycles. The van der Waals surface area contributed by atoms with Crippen molar-refractivity contribution in [2.45, 2.75) is 72.3 Å². The predicted molar refractivity (Wildman–Crippen MR) is 96.9 cm³/mol. The number of rotatable bonds is 14. The largest absolute Gasteiger partial charge is 0.500 e. The molecule has 5 nitrogen and oxygen atoms in total. The van der Waals surface area contributed by atoms with Gasteiger partial charge in [-0.15, -0.1) is 0 Å². The van der Waals surface area contributed by atoms with Gasteiger partial charge >= 0.3 is 8.80 Å². The van der Waals surface area contributed by atoms with Crippen LogP contribution < -0.4 is 11.5 Å². The molecule has 0 bridgehead atoms. The van der Waals surface area contributed by atoms with E-state index < -0.39 is 8.80 Å². The quantitative estimate of drug-likeness (QED) is 0.376. The second kappa shape index (κ2) is 19.1. The lowest BCUT2D eigenvalue weighted by Crippen LogP contribution is -2.46. The van der Waals surface area contributed by atoms with Crippen LogP contribution in [0.1, 0.15) is 66.2 Å². The summed E-state index contributed by atoms with van der Waals surface area (Å²) in [5.41, 5.74) is 9.81. The zero-order chi connectivity index (χ0) is 17.1. The molecule has 0 rings (SSSR count). The van der Waals surface area contributed by atoms with Crippen molar-refractivity contribution in [1.29, 1.82) is 0 Å². The third-order valence-electron chi connectivity index (χ3n) is 3.06. The van der Waals surface area contributed by atoms with Gasteiger partial charge in [0, 0.05) is 39.0 Å². The van der Waals surface area contributed by atoms with E-state index in [2.05, 4.69) is 27.7 Å². The summed E-state index contributed by atoms with van der Waals surface area (Å²) in [5.74, 6) is 0. The van der Waals surface area contributed by atoms with Gasteiger partial charge in [-0.25, -0.2) is 0 Å². The van der Waals surface area contributed by atoms with Gasteiger partial charge in [0.15, 0.2) is 0 Å². The van der Waals surface area contributed by atoms with Crippen molar-refractivity contribution in [3.8, 4) is 0 Å². The van der Waals surface area contributed by atoms with E-state index in [0.29, 0.717) is 13.1 Å². The van der Waals surface area contributed by atoms with Crippen LogP contribution in [-0.4, -0.2) is 41.7 Å². The average molecular weight is 337 g/mol. The van der Waals surface area contributed by atoms with Gasteiger partial charge in [0.1, 0.15) is 0 Å². The molecule has 0 atom stereocenters. The molecule has 0 saturated heterocycles. The molecule has 0 radical (unpaired) electrons. The normalized spacial score (nSPS) is 11.2. The molecule has 0 aromatic carbocycles. The maximum Gasteiger partial charge on any atom is 0.500 e. The van der Waals surface area contributed by atoms with E-state index in [-0.39, 0.29) is 0 Å².